The van der Waals surface area contributed by atoms with E-state index in [1.807, 2.05) is 19.1 Å². The summed E-state index contributed by atoms with van der Waals surface area (Å²) in [4.78, 5) is 0. The summed E-state index contributed by atoms with van der Waals surface area (Å²) in [5.74, 6) is 0. The molecule has 90 valence electrons. The van der Waals surface area contributed by atoms with Crippen LogP contribution in [0.1, 0.15) is 30.6 Å². The molecule has 4 nitrogen and oxygen atoms in total. The first-order valence-electron chi connectivity index (χ1n) is 5.65. The van der Waals surface area contributed by atoms with Gasteiger partial charge < -0.3 is 10.5 Å². The van der Waals surface area contributed by atoms with Crippen molar-refractivity contribution in [2.75, 3.05) is 6.54 Å². The number of nitrogens with one attached hydrogen (secondary N) is 2. The Morgan fingerprint density at radius 2 is 2.29 bits per heavy atom. The quantitative estimate of drug-likeness (QED) is 0.684. The van der Waals surface area contributed by atoms with Crippen LogP contribution in [0.4, 0.5) is 0 Å². The Labute approximate surface area is 108 Å². The Balaban J connectivity index is 2.21. The van der Waals surface area contributed by atoms with Gasteiger partial charge >= 0.3 is 0 Å². The first kappa shape index (κ1) is 11.1. The fourth-order valence-corrected chi connectivity index (χ4v) is 2.79. The third kappa shape index (κ3) is 1.74. The number of allylic oxidation sites excluding steroid dienone is 1. The predicted octanol–water partition coefficient (Wildman–Crippen LogP) is 1.90. The zero-order valence-corrected chi connectivity index (χ0v) is 11.1. The smallest absolute Gasteiger partial charge is 0.0814 e. The van der Waals surface area contributed by atoms with E-state index in [0.29, 0.717) is 0 Å². The fourth-order valence-electron chi connectivity index (χ4n) is 2.42. The normalized spacial score (nSPS) is 23.0. The van der Waals surface area contributed by atoms with Crippen LogP contribution in [0.2, 0.25) is 0 Å². The molecule has 1 atom stereocenters. The van der Waals surface area contributed by atoms with Crippen LogP contribution in [0.5, 0.6) is 0 Å². The number of benzene rings is 1. The topological polar surface area (TPSA) is 47.5 Å². The minimum Gasteiger partial charge on any atom is -0.388 e. The SMILES string of the molecule is CC1=C2c3ccc(Br)cc3C(O)CCN2NN1. The van der Waals surface area contributed by atoms with Crippen molar-refractivity contribution < 1.29 is 5.11 Å². The number of rotatable bonds is 0. The summed E-state index contributed by atoms with van der Waals surface area (Å²) in [5.41, 5.74) is 10.5. The molecule has 0 saturated carbocycles. The molecule has 0 amide bonds. The van der Waals surface area contributed by atoms with Crippen molar-refractivity contribution >= 4 is 21.6 Å². The number of aliphatic hydroxyl groups is 1. The van der Waals surface area contributed by atoms with E-state index in [1.165, 1.54) is 0 Å². The molecule has 0 spiro atoms. The molecule has 0 radical (unpaired) electrons. The monoisotopic (exact) mass is 295 g/mol. The van der Waals surface area contributed by atoms with Crippen molar-refractivity contribution in [3.8, 4) is 0 Å². The van der Waals surface area contributed by atoms with Crippen molar-refractivity contribution in [2.24, 2.45) is 0 Å². The summed E-state index contributed by atoms with van der Waals surface area (Å²) in [6, 6.07) is 6.06. The lowest BCUT2D eigenvalue weighted by Gasteiger charge is -2.18. The predicted molar refractivity (Wildman–Crippen MR) is 69.3 cm³/mol. The van der Waals surface area contributed by atoms with E-state index in [-0.39, 0.29) is 0 Å². The van der Waals surface area contributed by atoms with Gasteiger partial charge in [-0.15, -0.1) is 5.53 Å². The second-order valence-corrected chi connectivity index (χ2v) is 5.31. The maximum absolute atomic E-state index is 10.2. The molecule has 3 N–H and O–H groups in total. The number of nitrogens with zero attached hydrogens (tertiary/aromatic N) is 1. The van der Waals surface area contributed by atoms with E-state index in [1.54, 1.807) is 0 Å². The average molecular weight is 296 g/mol. The maximum Gasteiger partial charge on any atom is 0.0814 e. The minimum absolute atomic E-state index is 0.407. The molecule has 1 aromatic carbocycles. The molecule has 5 heteroatoms. The summed E-state index contributed by atoms with van der Waals surface area (Å²) in [7, 11) is 0. The Bertz CT molecular complexity index is 501. The first-order chi connectivity index (χ1) is 8.16. The lowest BCUT2D eigenvalue weighted by molar-refractivity contribution is 0.150. The van der Waals surface area contributed by atoms with Gasteiger partial charge in [-0.25, -0.2) is 0 Å². The first-order valence-corrected chi connectivity index (χ1v) is 6.44. The van der Waals surface area contributed by atoms with E-state index >= 15 is 0 Å². The number of hydrogen-bond donors (Lipinski definition) is 3. The van der Waals surface area contributed by atoms with Crippen LogP contribution in [-0.2, 0) is 0 Å². The van der Waals surface area contributed by atoms with Crippen LogP contribution in [-0.4, -0.2) is 16.7 Å². The van der Waals surface area contributed by atoms with E-state index in [4.69, 9.17) is 0 Å². The minimum atomic E-state index is -0.407. The van der Waals surface area contributed by atoms with E-state index in [0.717, 1.165) is 40.0 Å². The van der Waals surface area contributed by atoms with E-state index < -0.39 is 6.10 Å². The summed E-state index contributed by atoms with van der Waals surface area (Å²) in [6.07, 6.45) is 0.310. The van der Waals surface area contributed by atoms with Gasteiger partial charge in [0.1, 0.15) is 0 Å². The summed E-state index contributed by atoms with van der Waals surface area (Å²) < 4.78 is 1.00. The van der Waals surface area contributed by atoms with Gasteiger partial charge in [-0.3, -0.25) is 5.01 Å². The van der Waals surface area contributed by atoms with Gasteiger partial charge in [-0.2, -0.15) is 0 Å². The Morgan fingerprint density at radius 3 is 3.12 bits per heavy atom. The lowest BCUT2D eigenvalue weighted by atomic mass is 9.99. The summed E-state index contributed by atoms with van der Waals surface area (Å²) >= 11 is 3.46. The largest absolute Gasteiger partial charge is 0.388 e. The molecule has 0 fully saturated rings. The molecule has 1 unspecified atom stereocenters. The molecule has 17 heavy (non-hydrogen) atoms. The zero-order valence-electron chi connectivity index (χ0n) is 9.50. The Hall–Kier alpha value is -1.04. The van der Waals surface area contributed by atoms with E-state index in [9.17, 15) is 5.11 Å². The third-order valence-electron chi connectivity index (χ3n) is 3.26. The fraction of sp³-hybridized carbons (Fsp3) is 0.333. The second kappa shape index (κ2) is 4.01. The summed E-state index contributed by atoms with van der Waals surface area (Å²) in [5, 5.41) is 12.2. The number of fused-ring (bicyclic) bond motifs is 3. The number of aliphatic hydroxyl groups excluding tert-OH is 1. The second-order valence-electron chi connectivity index (χ2n) is 4.40. The molecule has 2 aliphatic heterocycles. The zero-order chi connectivity index (χ0) is 12.0. The van der Waals surface area contributed by atoms with Crippen molar-refractivity contribution in [2.45, 2.75) is 19.4 Å². The molecular formula is C12H14BrN3O. The maximum atomic E-state index is 10.2. The van der Waals surface area contributed by atoms with Crippen LogP contribution in [0.25, 0.3) is 5.70 Å². The van der Waals surface area contributed by atoms with Crippen molar-refractivity contribution in [3.63, 3.8) is 0 Å². The Kier molecular flexibility index (Phi) is 2.61. The highest BCUT2D eigenvalue weighted by molar-refractivity contribution is 9.10. The molecule has 0 aromatic heterocycles. The Morgan fingerprint density at radius 1 is 1.47 bits per heavy atom. The van der Waals surface area contributed by atoms with Crippen LogP contribution in [0.3, 0.4) is 0 Å². The lowest BCUT2D eigenvalue weighted by Crippen LogP contribution is -2.37. The van der Waals surface area contributed by atoms with Gasteiger partial charge in [0, 0.05) is 16.6 Å². The molecule has 3 rings (SSSR count). The van der Waals surface area contributed by atoms with Crippen LogP contribution < -0.4 is 11.0 Å². The standard InChI is InChI=1S/C12H14BrN3O/c1-7-12-9-3-2-8(13)6-10(9)11(17)4-5-16(12)15-14-7/h2-3,6,11,14-15,17H,4-5H2,1H3. The van der Waals surface area contributed by atoms with Crippen molar-refractivity contribution in [3.05, 3.63) is 39.5 Å². The van der Waals surface area contributed by atoms with Crippen molar-refractivity contribution in [1.82, 2.24) is 16.0 Å². The third-order valence-corrected chi connectivity index (χ3v) is 3.75. The molecule has 1 aromatic rings. The van der Waals surface area contributed by atoms with Gasteiger partial charge in [0.15, 0.2) is 0 Å². The van der Waals surface area contributed by atoms with Gasteiger partial charge in [0.25, 0.3) is 0 Å². The number of hydrazine groups is 2. The van der Waals surface area contributed by atoms with Crippen molar-refractivity contribution in [1.29, 1.82) is 0 Å². The molecule has 2 heterocycles. The van der Waals surface area contributed by atoms with Gasteiger partial charge in [0.2, 0.25) is 0 Å². The average Bonchev–Trinajstić information content (AvgIpc) is 2.61. The van der Waals surface area contributed by atoms with Crippen LogP contribution in [0, 0.1) is 0 Å². The molecular weight excluding hydrogens is 282 g/mol. The molecule has 0 saturated heterocycles. The van der Waals surface area contributed by atoms with Crippen LogP contribution >= 0.6 is 15.9 Å². The van der Waals surface area contributed by atoms with Crippen LogP contribution in [0.15, 0.2) is 28.4 Å². The van der Waals surface area contributed by atoms with Gasteiger partial charge in [-0.05, 0) is 31.0 Å². The van der Waals surface area contributed by atoms with Gasteiger partial charge in [-0.1, -0.05) is 22.0 Å². The molecule has 0 bridgehead atoms. The number of halogens is 1. The summed E-state index contributed by atoms with van der Waals surface area (Å²) in [6.45, 7) is 2.82. The number of hydrogen-bond acceptors (Lipinski definition) is 4. The highest BCUT2D eigenvalue weighted by Crippen LogP contribution is 2.36. The van der Waals surface area contributed by atoms with E-state index in [2.05, 4.69) is 38.0 Å². The highest BCUT2D eigenvalue weighted by atomic mass is 79.9. The highest BCUT2D eigenvalue weighted by Gasteiger charge is 2.29. The van der Waals surface area contributed by atoms with Gasteiger partial charge in [0.05, 0.1) is 17.5 Å². The molecule has 0 aliphatic carbocycles. The molecule has 2 aliphatic rings.